The van der Waals surface area contributed by atoms with Gasteiger partial charge < -0.3 is 19.3 Å². The minimum Gasteiger partial charge on any atom is -0.447 e. The van der Waals surface area contributed by atoms with Gasteiger partial charge in [-0.25, -0.2) is 22.7 Å². The number of rotatable bonds is 7. The van der Waals surface area contributed by atoms with Crippen molar-refractivity contribution in [3.05, 3.63) is 27.1 Å². The van der Waals surface area contributed by atoms with Crippen molar-refractivity contribution in [2.75, 3.05) is 26.2 Å². The van der Waals surface area contributed by atoms with Crippen LogP contribution in [0.4, 0.5) is 9.59 Å². The van der Waals surface area contributed by atoms with E-state index in [4.69, 9.17) is 9.47 Å². The van der Waals surface area contributed by atoms with E-state index in [-0.39, 0.29) is 24.5 Å². The second kappa shape index (κ2) is 11.4. The van der Waals surface area contributed by atoms with E-state index < -0.39 is 39.9 Å². The summed E-state index contributed by atoms with van der Waals surface area (Å²) < 4.78 is 40.7. The van der Waals surface area contributed by atoms with E-state index >= 15 is 0 Å². The highest BCUT2D eigenvalue weighted by atomic mass is 79.9. The third-order valence-electron chi connectivity index (χ3n) is 4.97. The molecular formula is C21H31Br2N3O6S. The lowest BCUT2D eigenvalue weighted by atomic mass is 10.2. The maximum Gasteiger partial charge on any atom is 0.410 e. The summed E-state index contributed by atoms with van der Waals surface area (Å²) in [5.74, 6) is 0. The van der Waals surface area contributed by atoms with Gasteiger partial charge in [0.25, 0.3) is 0 Å². The molecule has 2 rings (SSSR count). The number of sulfonamides is 1. The number of ether oxygens (including phenoxy) is 2. The topological polar surface area (TPSA) is 105 Å². The summed E-state index contributed by atoms with van der Waals surface area (Å²) in [7, 11) is -3.88. The highest BCUT2D eigenvalue weighted by Crippen LogP contribution is 2.28. The molecule has 1 N–H and O–H groups in total. The number of amides is 2. The van der Waals surface area contributed by atoms with Crippen molar-refractivity contribution in [1.29, 1.82) is 0 Å². The fraction of sp³-hybridized carbons (Fsp3) is 0.619. The number of benzene rings is 1. The molecule has 0 saturated carbocycles. The van der Waals surface area contributed by atoms with Gasteiger partial charge in [-0.3, -0.25) is 0 Å². The van der Waals surface area contributed by atoms with Crippen LogP contribution in [0.2, 0.25) is 0 Å². The molecule has 33 heavy (non-hydrogen) atoms. The minimum absolute atomic E-state index is 0.0621. The number of hydrogen-bond acceptors (Lipinski definition) is 6. The van der Waals surface area contributed by atoms with Crippen molar-refractivity contribution < 1.29 is 27.5 Å². The smallest absolute Gasteiger partial charge is 0.410 e. The summed E-state index contributed by atoms with van der Waals surface area (Å²) in [6, 6.07) is 3.75. The van der Waals surface area contributed by atoms with E-state index in [1.54, 1.807) is 32.9 Å². The van der Waals surface area contributed by atoms with Crippen LogP contribution in [0, 0.1) is 0 Å². The molecule has 2 amide bonds. The van der Waals surface area contributed by atoms with Gasteiger partial charge in [-0.2, -0.15) is 0 Å². The average Bonchev–Trinajstić information content (AvgIpc) is 3.10. The van der Waals surface area contributed by atoms with Crippen LogP contribution < -0.4 is 4.72 Å². The molecule has 1 heterocycles. The summed E-state index contributed by atoms with van der Waals surface area (Å²) in [4.78, 5) is 28.1. The van der Waals surface area contributed by atoms with Gasteiger partial charge in [0.1, 0.15) is 12.2 Å². The molecule has 1 aliphatic heterocycles. The average molecular weight is 613 g/mol. The molecule has 12 heteroatoms. The molecule has 1 aromatic carbocycles. The molecule has 0 bridgehead atoms. The van der Waals surface area contributed by atoms with E-state index in [0.29, 0.717) is 22.0 Å². The Morgan fingerprint density at radius 1 is 1.21 bits per heavy atom. The second-order valence-electron chi connectivity index (χ2n) is 8.66. The van der Waals surface area contributed by atoms with Crippen LogP contribution in [-0.4, -0.2) is 74.3 Å². The van der Waals surface area contributed by atoms with E-state index in [0.717, 1.165) is 0 Å². The highest BCUT2D eigenvalue weighted by Gasteiger charge is 2.40. The molecule has 0 spiro atoms. The lowest BCUT2D eigenvalue weighted by Gasteiger charge is -2.28. The SMILES string of the molecule is CCN(CC)C(=O)OC[C@H]1C[C@@H](NS(=O)(=O)c2cc(Br)ccc2Br)CN1C(=O)OC(C)(C)C. The Bertz CT molecular complexity index is 963. The van der Waals surface area contributed by atoms with Crippen LogP contribution in [0.25, 0.3) is 0 Å². The Hall–Kier alpha value is -1.37. The lowest BCUT2D eigenvalue weighted by Crippen LogP contribution is -2.43. The first-order valence-electron chi connectivity index (χ1n) is 10.7. The first kappa shape index (κ1) is 27.9. The molecule has 1 saturated heterocycles. The van der Waals surface area contributed by atoms with Crippen LogP contribution in [0.1, 0.15) is 41.0 Å². The quantitative estimate of drug-likeness (QED) is 0.491. The van der Waals surface area contributed by atoms with Gasteiger partial charge in [-0.05, 0) is 75.2 Å². The van der Waals surface area contributed by atoms with E-state index in [9.17, 15) is 18.0 Å². The van der Waals surface area contributed by atoms with E-state index in [2.05, 4.69) is 36.6 Å². The monoisotopic (exact) mass is 611 g/mol. The second-order valence-corrected chi connectivity index (χ2v) is 12.1. The van der Waals surface area contributed by atoms with Gasteiger partial charge in [0.15, 0.2) is 0 Å². The first-order chi connectivity index (χ1) is 15.3. The summed E-state index contributed by atoms with van der Waals surface area (Å²) >= 11 is 6.57. The number of halogens is 2. The summed E-state index contributed by atoms with van der Waals surface area (Å²) in [5, 5.41) is 0. The highest BCUT2D eigenvalue weighted by molar-refractivity contribution is 9.11. The molecule has 9 nitrogen and oxygen atoms in total. The zero-order chi connectivity index (χ0) is 25.0. The number of likely N-dealkylation sites (tertiary alicyclic amines) is 1. The zero-order valence-electron chi connectivity index (χ0n) is 19.4. The van der Waals surface area contributed by atoms with Crippen LogP contribution in [0.15, 0.2) is 32.0 Å². The summed E-state index contributed by atoms with van der Waals surface area (Å²) in [6.45, 7) is 9.97. The fourth-order valence-electron chi connectivity index (χ4n) is 3.41. The third-order valence-corrected chi connectivity index (χ3v) is 7.98. The number of nitrogens with one attached hydrogen (secondary N) is 1. The van der Waals surface area contributed by atoms with Gasteiger partial charge >= 0.3 is 12.2 Å². The van der Waals surface area contributed by atoms with Crippen molar-refractivity contribution in [2.45, 2.75) is 63.6 Å². The Balaban J connectivity index is 2.19. The van der Waals surface area contributed by atoms with Gasteiger partial charge in [-0.15, -0.1) is 0 Å². The Kier molecular flexibility index (Phi) is 9.60. The largest absolute Gasteiger partial charge is 0.447 e. The maximum absolute atomic E-state index is 13.0. The Labute approximate surface area is 212 Å². The molecule has 0 aliphatic carbocycles. The van der Waals surface area contributed by atoms with Gasteiger partial charge in [-0.1, -0.05) is 15.9 Å². The molecule has 1 fully saturated rings. The number of carbonyl (C=O) groups is 2. The zero-order valence-corrected chi connectivity index (χ0v) is 23.4. The van der Waals surface area contributed by atoms with E-state index in [1.807, 2.05) is 13.8 Å². The van der Waals surface area contributed by atoms with Crippen molar-refractivity contribution in [3.8, 4) is 0 Å². The third kappa shape index (κ3) is 7.83. The maximum atomic E-state index is 13.0. The Morgan fingerprint density at radius 3 is 2.42 bits per heavy atom. The summed E-state index contributed by atoms with van der Waals surface area (Å²) in [6.07, 6.45) is -0.793. The van der Waals surface area contributed by atoms with Gasteiger partial charge in [0.2, 0.25) is 10.0 Å². The normalized spacial score (nSPS) is 18.8. The predicted molar refractivity (Wildman–Crippen MR) is 132 cm³/mol. The molecule has 1 aromatic rings. The first-order valence-corrected chi connectivity index (χ1v) is 13.7. The van der Waals surface area contributed by atoms with Crippen LogP contribution in [0.5, 0.6) is 0 Å². The van der Waals surface area contributed by atoms with Crippen LogP contribution in [0.3, 0.4) is 0 Å². The minimum atomic E-state index is -3.88. The van der Waals surface area contributed by atoms with Crippen molar-refractivity contribution in [3.63, 3.8) is 0 Å². The molecular weight excluding hydrogens is 582 g/mol. The number of carbonyl (C=O) groups excluding carboxylic acids is 2. The molecule has 186 valence electrons. The molecule has 0 radical (unpaired) electrons. The standard InChI is InChI=1S/C21H31Br2N3O6S/c1-6-25(7-2)19(27)31-13-16-11-15(12-26(16)20(28)32-21(3,4)5)24-33(29,30)18-10-14(22)8-9-17(18)23/h8-10,15-16,24H,6-7,11-13H2,1-5H3/t15-,16-/m1/s1. The Morgan fingerprint density at radius 2 is 1.85 bits per heavy atom. The summed E-state index contributed by atoms with van der Waals surface area (Å²) in [5.41, 5.74) is -0.724. The number of hydrogen-bond donors (Lipinski definition) is 1. The molecule has 1 aliphatic rings. The van der Waals surface area contributed by atoms with E-state index in [1.165, 1.54) is 15.9 Å². The number of nitrogens with zero attached hydrogens (tertiary/aromatic N) is 2. The fourth-order valence-corrected chi connectivity index (χ4v) is 6.15. The van der Waals surface area contributed by atoms with Gasteiger partial charge in [0, 0.05) is 34.6 Å². The van der Waals surface area contributed by atoms with Crippen molar-refractivity contribution in [1.82, 2.24) is 14.5 Å². The van der Waals surface area contributed by atoms with Crippen molar-refractivity contribution >= 4 is 54.1 Å². The van der Waals surface area contributed by atoms with Crippen LogP contribution >= 0.6 is 31.9 Å². The lowest BCUT2D eigenvalue weighted by molar-refractivity contribution is 0.0138. The van der Waals surface area contributed by atoms with Gasteiger partial charge in [0.05, 0.1) is 10.9 Å². The predicted octanol–water partition coefficient (Wildman–Crippen LogP) is 4.35. The van der Waals surface area contributed by atoms with Crippen molar-refractivity contribution in [2.24, 2.45) is 0 Å². The van der Waals surface area contributed by atoms with Crippen LogP contribution in [-0.2, 0) is 19.5 Å². The molecule has 0 aromatic heterocycles. The molecule has 0 unspecified atom stereocenters. The molecule has 2 atom stereocenters.